The van der Waals surface area contributed by atoms with Crippen LogP contribution in [0.5, 0.6) is 0 Å². The van der Waals surface area contributed by atoms with Gasteiger partial charge in [0, 0.05) is 18.4 Å². The molecule has 3 aromatic rings. The Labute approximate surface area is 154 Å². The van der Waals surface area contributed by atoms with Crippen LogP contribution in [0, 0.1) is 11.6 Å². The smallest absolute Gasteiger partial charge is 0.271 e. The van der Waals surface area contributed by atoms with Crippen molar-refractivity contribution in [2.45, 2.75) is 18.9 Å². The van der Waals surface area contributed by atoms with Gasteiger partial charge in [0.25, 0.3) is 5.56 Å². The van der Waals surface area contributed by atoms with Crippen molar-refractivity contribution < 1.29 is 8.78 Å². The van der Waals surface area contributed by atoms with Crippen LogP contribution in [0.3, 0.4) is 0 Å². The van der Waals surface area contributed by atoms with Crippen molar-refractivity contribution in [1.82, 2.24) is 8.94 Å². The number of H-pyrrole nitrogens is 1. The maximum Gasteiger partial charge on any atom is 0.271 e. The molecule has 27 heavy (non-hydrogen) atoms. The Morgan fingerprint density at radius 2 is 2.04 bits per heavy atom. The summed E-state index contributed by atoms with van der Waals surface area (Å²) >= 11 is 0.997. The van der Waals surface area contributed by atoms with E-state index in [-0.39, 0.29) is 28.0 Å². The molecule has 0 saturated heterocycles. The molecule has 1 aromatic carbocycles. The van der Waals surface area contributed by atoms with E-state index in [4.69, 9.17) is 0 Å². The van der Waals surface area contributed by atoms with Crippen LogP contribution in [0.25, 0.3) is 21.1 Å². The molecule has 9 heteroatoms. The Bertz CT molecular complexity index is 1300. The number of aliphatic imine (C=N–C) groups is 1. The molecule has 0 radical (unpaired) electrons. The number of aromatic nitrogens is 2. The van der Waals surface area contributed by atoms with Gasteiger partial charge in [-0.2, -0.15) is 0 Å². The van der Waals surface area contributed by atoms with E-state index in [1.807, 2.05) is 0 Å². The molecular formula is C18H12F2N4O2S. The molecule has 136 valence electrons. The minimum Gasteiger partial charge on any atom is -0.325 e. The average Bonchev–Trinajstić information content (AvgIpc) is 3.43. The fourth-order valence-electron chi connectivity index (χ4n) is 3.35. The molecule has 1 N–H and O–H groups in total. The van der Waals surface area contributed by atoms with Gasteiger partial charge in [-0.25, -0.2) is 13.8 Å². The number of benzene rings is 1. The van der Waals surface area contributed by atoms with Crippen molar-refractivity contribution in [2.24, 2.45) is 4.99 Å². The summed E-state index contributed by atoms with van der Waals surface area (Å²) in [4.78, 5) is 30.4. The van der Waals surface area contributed by atoms with Gasteiger partial charge in [0.1, 0.15) is 15.9 Å². The first kappa shape index (κ1) is 16.1. The Morgan fingerprint density at radius 3 is 2.81 bits per heavy atom. The molecule has 0 unspecified atom stereocenters. The van der Waals surface area contributed by atoms with E-state index in [9.17, 15) is 14.0 Å². The minimum atomic E-state index is -0.900. The number of halogens is 2. The first-order chi connectivity index (χ1) is 13.1. The van der Waals surface area contributed by atoms with Gasteiger partial charge in [-0.15, -0.1) is 0 Å². The Balaban J connectivity index is 1.94. The number of allylic oxidation sites excluding steroid dienone is 2. The highest BCUT2D eigenvalue weighted by Crippen LogP contribution is 2.42. The topological polar surface area (TPSA) is 70.5 Å². The summed E-state index contributed by atoms with van der Waals surface area (Å²) in [5.74, 6) is -1.75. The lowest BCUT2D eigenvalue weighted by atomic mass is 10.1. The molecule has 2 aliphatic rings. The SMILES string of the molecule is O=c1[nH]sc2c1c(=O)c1cc(F)c(N3C=CC=CN=C3)c(F)c1n2C1CC1. The molecule has 1 aliphatic carbocycles. The van der Waals surface area contributed by atoms with Gasteiger partial charge in [-0.05, 0) is 42.6 Å². The van der Waals surface area contributed by atoms with Crippen molar-refractivity contribution in [1.29, 1.82) is 0 Å². The van der Waals surface area contributed by atoms with Crippen LogP contribution >= 0.6 is 11.5 Å². The molecule has 0 spiro atoms. The standard InChI is InChI=1S/C18H12F2N4O2S/c19-11-7-10-14(13(20)15(11)23-6-2-1-5-21-8-23)24(9-3-4-9)18-12(16(10)25)17(26)22-27-18/h1-2,5-9H,3-4H2,(H,22,26). The number of nitrogens with zero attached hydrogens (tertiary/aromatic N) is 3. The summed E-state index contributed by atoms with van der Waals surface area (Å²) in [5.41, 5.74) is -1.50. The number of aromatic amines is 1. The van der Waals surface area contributed by atoms with Crippen molar-refractivity contribution in [3.63, 3.8) is 0 Å². The van der Waals surface area contributed by atoms with Gasteiger partial charge < -0.3 is 9.47 Å². The average molecular weight is 386 g/mol. The van der Waals surface area contributed by atoms with Crippen LogP contribution in [0.2, 0.25) is 0 Å². The summed E-state index contributed by atoms with van der Waals surface area (Å²) in [5, 5.41) is -0.183. The number of hydrogen-bond acceptors (Lipinski definition) is 5. The summed E-state index contributed by atoms with van der Waals surface area (Å²) in [6.07, 6.45) is 9.11. The van der Waals surface area contributed by atoms with Crippen LogP contribution in [0.15, 0.2) is 45.2 Å². The Kier molecular flexibility index (Phi) is 3.41. The molecule has 6 nitrogen and oxygen atoms in total. The van der Waals surface area contributed by atoms with Gasteiger partial charge in [0.05, 0.1) is 17.2 Å². The number of pyridine rings is 1. The summed E-state index contributed by atoms with van der Waals surface area (Å²) in [6.45, 7) is 0. The molecule has 0 bridgehead atoms. The van der Waals surface area contributed by atoms with E-state index in [1.54, 1.807) is 16.7 Å². The van der Waals surface area contributed by atoms with Crippen LogP contribution in [0.4, 0.5) is 14.5 Å². The van der Waals surface area contributed by atoms with Gasteiger partial charge in [0.2, 0.25) is 5.43 Å². The molecule has 1 saturated carbocycles. The van der Waals surface area contributed by atoms with E-state index in [0.29, 0.717) is 4.83 Å². The van der Waals surface area contributed by atoms with E-state index in [2.05, 4.69) is 9.37 Å². The lowest BCUT2D eigenvalue weighted by Crippen LogP contribution is -2.20. The first-order valence-electron chi connectivity index (χ1n) is 8.30. The summed E-state index contributed by atoms with van der Waals surface area (Å²) < 4.78 is 34.6. The molecule has 1 fully saturated rings. The zero-order valence-corrected chi connectivity index (χ0v) is 14.6. The molecule has 5 rings (SSSR count). The van der Waals surface area contributed by atoms with Crippen LogP contribution in [0.1, 0.15) is 18.9 Å². The van der Waals surface area contributed by atoms with Crippen molar-refractivity contribution in [3.05, 3.63) is 62.8 Å². The largest absolute Gasteiger partial charge is 0.325 e. The lowest BCUT2D eigenvalue weighted by molar-refractivity contribution is 0.588. The number of hydrogen-bond donors (Lipinski definition) is 1. The van der Waals surface area contributed by atoms with Crippen molar-refractivity contribution >= 4 is 44.7 Å². The molecule has 3 heterocycles. The third-order valence-corrected chi connectivity index (χ3v) is 5.55. The van der Waals surface area contributed by atoms with Gasteiger partial charge in [-0.1, -0.05) is 0 Å². The Hall–Kier alpha value is -3.07. The highest BCUT2D eigenvalue weighted by molar-refractivity contribution is 7.12. The van der Waals surface area contributed by atoms with Gasteiger partial charge >= 0.3 is 0 Å². The lowest BCUT2D eigenvalue weighted by Gasteiger charge is -2.19. The van der Waals surface area contributed by atoms with Crippen molar-refractivity contribution in [2.75, 3.05) is 4.90 Å². The van der Waals surface area contributed by atoms with Crippen molar-refractivity contribution in [3.8, 4) is 0 Å². The molecule has 0 atom stereocenters. The molecule has 2 aromatic heterocycles. The fourth-order valence-corrected chi connectivity index (χ4v) is 4.27. The highest BCUT2D eigenvalue weighted by Gasteiger charge is 2.32. The van der Waals surface area contributed by atoms with E-state index >= 15 is 4.39 Å². The van der Waals surface area contributed by atoms with E-state index in [0.717, 1.165) is 30.4 Å². The fraction of sp³-hybridized carbons (Fsp3) is 0.167. The minimum absolute atomic E-state index is 0.0145. The highest BCUT2D eigenvalue weighted by atomic mass is 32.1. The second kappa shape index (κ2) is 5.71. The maximum atomic E-state index is 15.6. The number of anilines is 1. The second-order valence-electron chi connectivity index (χ2n) is 6.42. The van der Waals surface area contributed by atoms with Crippen LogP contribution < -0.4 is 15.9 Å². The zero-order chi connectivity index (χ0) is 18.7. The normalized spacial score (nSPS) is 16.6. The van der Waals surface area contributed by atoms with E-state index in [1.165, 1.54) is 23.6 Å². The maximum absolute atomic E-state index is 15.6. The Morgan fingerprint density at radius 1 is 1.22 bits per heavy atom. The quantitative estimate of drug-likeness (QED) is 0.734. The third-order valence-electron chi connectivity index (χ3n) is 4.67. The zero-order valence-electron chi connectivity index (χ0n) is 13.8. The number of nitrogens with one attached hydrogen (secondary N) is 1. The summed E-state index contributed by atoms with van der Waals surface area (Å²) in [6, 6.07) is 0.982. The van der Waals surface area contributed by atoms with Crippen LogP contribution in [-0.2, 0) is 0 Å². The van der Waals surface area contributed by atoms with Gasteiger partial charge in [-0.3, -0.25) is 14.0 Å². The predicted molar refractivity (Wildman–Crippen MR) is 102 cm³/mol. The summed E-state index contributed by atoms with van der Waals surface area (Å²) in [7, 11) is 0. The van der Waals surface area contributed by atoms with Crippen LogP contribution in [-0.4, -0.2) is 15.3 Å². The first-order valence-corrected chi connectivity index (χ1v) is 9.12. The number of fused-ring (bicyclic) bond motifs is 2. The third kappa shape index (κ3) is 2.31. The predicted octanol–water partition coefficient (Wildman–Crippen LogP) is 3.39. The second-order valence-corrected chi connectivity index (χ2v) is 7.21. The van der Waals surface area contributed by atoms with E-state index < -0.39 is 22.6 Å². The molecular weight excluding hydrogens is 374 g/mol. The monoisotopic (exact) mass is 386 g/mol. The molecule has 0 amide bonds. The number of rotatable bonds is 2. The van der Waals surface area contributed by atoms with Gasteiger partial charge in [0.15, 0.2) is 11.6 Å². The molecule has 1 aliphatic heterocycles.